The van der Waals surface area contributed by atoms with Crippen LogP contribution in [0.5, 0.6) is 0 Å². The van der Waals surface area contributed by atoms with Crippen molar-refractivity contribution in [1.82, 2.24) is 10.3 Å². The molecule has 1 aromatic heterocycles. The summed E-state index contributed by atoms with van der Waals surface area (Å²) in [6.07, 6.45) is 2.92. The summed E-state index contributed by atoms with van der Waals surface area (Å²) in [7, 11) is 1.57. The normalized spacial score (nSPS) is 12.0. The fraction of sp³-hybridized carbons (Fsp3) is 0.438. The van der Waals surface area contributed by atoms with Gasteiger partial charge in [0.25, 0.3) is 0 Å². The topological polar surface area (TPSA) is 80.1 Å². The van der Waals surface area contributed by atoms with Crippen LogP contribution in [0.2, 0.25) is 0 Å². The fourth-order valence-electron chi connectivity index (χ4n) is 2.53. The molecular formula is C16H24ClN3O2. The molecular weight excluding hydrogens is 302 g/mol. The molecule has 1 unspecified atom stereocenters. The van der Waals surface area contributed by atoms with Gasteiger partial charge in [0.05, 0.1) is 12.5 Å². The second kappa shape index (κ2) is 8.78. The Morgan fingerprint density at radius 3 is 2.91 bits per heavy atom. The summed E-state index contributed by atoms with van der Waals surface area (Å²) in [4.78, 5) is 15.0. The molecule has 6 heteroatoms. The van der Waals surface area contributed by atoms with E-state index in [1.165, 1.54) is 16.5 Å². The number of methoxy groups -OCH3 is 1. The number of carbonyl (C=O) groups is 1. The van der Waals surface area contributed by atoms with E-state index < -0.39 is 0 Å². The number of fused-ring (bicyclic) bond motifs is 1. The van der Waals surface area contributed by atoms with Gasteiger partial charge in [-0.05, 0) is 30.5 Å². The molecule has 0 aliphatic rings. The molecule has 0 radical (unpaired) electrons. The quantitative estimate of drug-likeness (QED) is 0.727. The number of amides is 1. The second-order valence-electron chi connectivity index (χ2n) is 5.21. The van der Waals surface area contributed by atoms with E-state index in [1.807, 2.05) is 12.3 Å². The van der Waals surface area contributed by atoms with Gasteiger partial charge in [0.15, 0.2) is 0 Å². The van der Waals surface area contributed by atoms with Crippen molar-refractivity contribution in [3.05, 3.63) is 35.5 Å². The van der Waals surface area contributed by atoms with Crippen molar-refractivity contribution < 1.29 is 9.53 Å². The van der Waals surface area contributed by atoms with Gasteiger partial charge in [0.1, 0.15) is 0 Å². The molecule has 0 saturated carbocycles. The van der Waals surface area contributed by atoms with Gasteiger partial charge in [-0.15, -0.1) is 12.4 Å². The molecule has 0 bridgehead atoms. The molecule has 22 heavy (non-hydrogen) atoms. The standard InChI is InChI=1S/C16H23N3O2.ClH/c1-11-4-3-5-14-16(11)12(10-19-14)6-7-18-15(20)8-13(9-17)21-2;/h3-5,10,13,19H,6-9,17H2,1-2H3,(H,18,20);1H. The predicted molar refractivity (Wildman–Crippen MR) is 91.5 cm³/mol. The number of benzene rings is 1. The first-order valence-corrected chi connectivity index (χ1v) is 7.20. The van der Waals surface area contributed by atoms with E-state index in [4.69, 9.17) is 10.5 Å². The van der Waals surface area contributed by atoms with E-state index in [0.29, 0.717) is 19.5 Å². The number of halogens is 1. The van der Waals surface area contributed by atoms with Crippen molar-refractivity contribution >= 4 is 29.2 Å². The highest BCUT2D eigenvalue weighted by Crippen LogP contribution is 2.22. The first kappa shape index (κ1) is 18.5. The van der Waals surface area contributed by atoms with Crippen LogP contribution in [0.4, 0.5) is 0 Å². The molecule has 1 aromatic carbocycles. The van der Waals surface area contributed by atoms with Gasteiger partial charge >= 0.3 is 0 Å². The van der Waals surface area contributed by atoms with Crippen LogP contribution in [0.1, 0.15) is 17.5 Å². The van der Waals surface area contributed by atoms with Crippen LogP contribution in [0.25, 0.3) is 10.9 Å². The van der Waals surface area contributed by atoms with Crippen LogP contribution in [0, 0.1) is 6.92 Å². The number of rotatable bonds is 7. The van der Waals surface area contributed by atoms with Gasteiger partial charge < -0.3 is 20.8 Å². The van der Waals surface area contributed by atoms with E-state index in [0.717, 1.165) is 11.9 Å². The Morgan fingerprint density at radius 1 is 1.45 bits per heavy atom. The first-order valence-electron chi connectivity index (χ1n) is 7.20. The van der Waals surface area contributed by atoms with Crippen molar-refractivity contribution in [3.8, 4) is 0 Å². The number of hydrogen-bond donors (Lipinski definition) is 3. The fourth-order valence-corrected chi connectivity index (χ4v) is 2.53. The summed E-state index contributed by atoms with van der Waals surface area (Å²) < 4.78 is 5.10. The molecule has 0 aliphatic heterocycles. The molecule has 2 rings (SSSR count). The highest BCUT2D eigenvalue weighted by Gasteiger charge is 2.11. The third-order valence-electron chi connectivity index (χ3n) is 3.72. The molecule has 4 N–H and O–H groups in total. The van der Waals surface area contributed by atoms with Crippen LogP contribution in [0.15, 0.2) is 24.4 Å². The highest BCUT2D eigenvalue weighted by atomic mass is 35.5. The number of nitrogens with two attached hydrogens (primary N) is 1. The number of aryl methyl sites for hydroxylation is 1. The first-order chi connectivity index (χ1) is 10.2. The maximum Gasteiger partial charge on any atom is 0.222 e. The van der Waals surface area contributed by atoms with Gasteiger partial charge in [-0.3, -0.25) is 4.79 Å². The lowest BCUT2D eigenvalue weighted by atomic mass is 10.1. The molecule has 0 saturated heterocycles. The van der Waals surface area contributed by atoms with Crippen molar-refractivity contribution in [1.29, 1.82) is 0 Å². The Morgan fingerprint density at radius 2 is 2.23 bits per heavy atom. The molecule has 122 valence electrons. The smallest absolute Gasteiger partial charge is 0.222 e. The summed E-state index contributed by atoms with van der Waals surface area (Å²) in [5.74, 6) is -0.0242. The van der Waals surface area contributed by atoms with E-state index in [9.17, 15) is 4.79 Å². The zero-order chi connectivity index (χ0) is 15.2. The van der Waals surface area contributed by atoms with E-state index in [-0.39, 0.29) is 24.4 Å². The summed E-state index contributed by atoms with van der Waals surface area (Å²) in [6.45, 7) is 3.06. The zero-order valence-corrected chi connectivity index (χ0v) is 13.8. The zero-order valence-electron chi connectivity index (χ0n) is 13.0. The lowest BCUT2D eigenvalue weighted by Gasteiger charge is -2.12. The van der Waals surface area contributed by atoms with Crippen LogP contribution in [-0.4, -0.2) is 37.2 Å². The molecule has 1 heterocycles. The number of aromatic amines is 1. The molecule has 5 nitrogen and oxygen atoms in total. The Labute approximate surface area is 137 Å². The molecule has 0 fully saturated rings. The third-order valence-corrected chi connectivity index (χ3v) is 3.72. The maximum absolute atomic E-state index is 11.8. The van der Waals surface area contributed by atoms with Gasteiger partial charge in [0.2, 0.25) is 5.91 Å². The summed E-state index contributed by atoms with van der Waals surface area (Å²) in [5.41, 5.74) is 9.12. The number of aromatic nitrogens is 1. The van der Waals surface area contributed by atoms with Gasteiger partial charge in [0, 0.05) is 37.3 Å². The number of hydrogen-bond acceptors (Lipinski definition) is 3. The predicted octanol–water partition coefficient (Wildman–Crippen LogP) is 1.92. The Balaban J connectivity index is 0.00000242. The summed E-state index contributed by atoms with van der Waals surface area (Å²) in [6, 6.07) is 6.20. The summed E-state index contributed by atoms with van der Waals surface area (Å²) >= 11 is 0. The van der Waals surface area contributed by atoms with E-state index >= 15 is 0 Å². The number of H-pyrrole nitrogens is 1. The van der Waals surface area contributed by atoms with Crippen molar-refractivity contribution in [2.45, 2.75) is 25.9 Å². The van der Waals surface area contributed by atoms with Crippen molar-refractivity contribution in [2.24, 2.45) is 5.73 Å². The lowest BCUT2D eigenvalue weighted by Crippen LogP contribution is -2.33. The van der Waals surface area contributed by atoms with E-state index in [1.54, 1.807) is 7.11 Å². The maximum atomic E-state index is 11.8. The lowest BCUT2D eigenvalue weighted by molar-refractivity contribution is -0.123. The SMILES string of the molecule is COC(CN)CC(=O)NCCc1c[nH]c2cccc(C)c12.Cl. The number of carbonyl (C=O) groups excluding carboxylic acids is 1. The van der Waals surface area contributed by atoms with Crippen LogP contribution in [0.3, 0.4) is 0 Å². The minimum Gasteiger partial charge on any atom is -0.380 e. The second-order valence-corrected chi connectivity index (χ2v) is 5.21. The molecule has 1 amide bonds. The Kier molecular flexibility index (Phi) is 7.38. The third kappa shape index (κ3) is 4.47. The highest BCUT2D eigenvalue weighted by molar-refractivity contribution is 5.86. The molecule has 0 spiro atoms. The Bertz CT molecular complexity index is 608. The van der Waals surface area contributed by atoms with Gasteiger partial charge in [-0.25, -0.2) is 0 Å². The molecule has 0 aliphatic carbocycles. The van der Waals surface area contributed by atoms with E-state index in [2.05, 4.69) is 29.4 Å². The van der Waals surface area contributed by atoms with Crippen LogP contribution in [-0.2, 0) is 16.0 Å². The average molecular weight is 326 g/mol. The Hall–Kier alpha value is -1.56. The minimum absolute atomic E-state index is 0. The molecule has 1 atom stereocenters. The van der Waals surface area contributed by atoms with Crippen molar-refractivity contribution in [3.63, 3.8) is 0 Å². The average Bonchev–Trinajstić information content (AvgIpc) is 2.89. The monoisotopic (exact) mass is 325 g/mol. The van der Waals surface area contributed by atoms with Crippen LogP contribution < -0.4 is 11.1 Å². The largest absolute Gasteiger partial charge is 0.380 e. The van der Waals surface area contributed by atoms with Crippen molar-refractivity contribution in [2.75, 3.05) is 20.2 Å². The van der Waals surface area contributed by atoms with Gasteiger partial charge in [-0.1, -0.05) is 12.1 Å². The van der Waals surface area contributed by atoms with Gasteiger partial charge in [-0.2, -0.15) is 0 Å². The number of ether oxygens (including phenoxy) is 1. The van der Waals surface area contributed by atoms with Crippen LogP contribution >= 0.6 is 12.4 Å². The molecule has 2 aromatic rings. The number of nitrogens with one attached hydrogen (secondary N) is 2. The minimum atomic E-state index is -0.208. The summed E-state index contributed by atoms with van der Waals surface area (Å²) in [5, 5.41) is 4.17.